The highest BCUT2D eigenvalue weighted by Crippen LogP contribution is 2.31. The van der Waals surface area contributed by atoms with E-state index in [1.165, 1.54) is 11.1 Å². The zero-order valence-electron chi connectivity index (χ0n) is 9.35. The number of hydrogen-bond donors (Lipinski definition) is 0. The van der Waals surface area contributed by atoms with Gasteiger partial charge in [0.05, 0.1) is 11.4 Å². The van der Waals surface area contributed by atoms with E-state index in [2.05, 4.69) is 41.2 Å². The Kier molecular flexibility index (Phi) is 2.21. The molecule has 0 aliphatic heterocycles. The molecular formula is C14H14N2. The highest BCUT2D eigenvalue weighted by molar-refractivity contribution is 5.39. The minimum absolute atomic E-state index is 0.363. The Balaban J connectivity index is 2.18. The summed E-state index contributed by atoms with van der Waals surface area (Å²) in [7, 11) is 0. The summed E-state index contributed by atoms with van der Waals surface area (Å²) in [6.07, 6.45) is 5.67. The van der Waals surface area contributed by atoms with Crippen molar-refractivity contribution in [3.63, 3.8) is 0 Å². The average molecular weight is 210 g/mol. The summed E-state index contributed by atoms with van der Waals surface area (Å²) in [6.45, 7) is 2.22. The molecule has 1 unspecified atom stereocenters. The van der Waals surface area contributed by atoms with Crippen LogP contribution in [0.25, 0.3) is 0 Å². The SMILES string of the molecule is CC1c2ccccc2CCc2nccnc21. The molecule has 0 amide bonds. The molecule has 2 heteroatoms. The number of hydrogen-bond acceptors (Lipinski definition) is 2. The smallest absolute Gasteiger partial charge is 0.0690 e. The van der Waals surface area contributed by atoms with Crippen LogP contribution in [-0.2, 0) is 12.8 Å². The third-order valence-electron chi connectivity index (χ3n) is 3.37. The molecule has 0 saturated carbocycles. The van der Waals surface area contributed by atoms with Crippen molar-refractivity contribution < 1.29 is 0 Å². The molecule has 16 heavy (non-hydrogen) atoms. The topological polar surface area (TPSA) is 25.8 Å². The zero-order valence-corrected chi connectivity index (χ0v) is 9.35. The molecule has 1 heterocycles. The first kappa shape index (κ1) is 9.52. The van der Waals surface area contributed by atoms with E-state index >= 15 is 0 Å². The molecule has 0 radical (unpaired) electrons. The van der Waals surface area contributed by atoms with Gasteiger partial charge in [-0.2, -0.15) is 0 Å². The van der Waals surface area contributed by atoms with Crippen molar-refractivity contribution in [3.8, 4) is 0 Å². The fraction of sp³-hybridized carbons (Fsp3) is 0.286. The molecule has 80 valence electrons. The maximum atomic E-state index is 4.50. The van der Waals surface area contributed by atoms with E-state index in [1.54, 1.807) is 12.4 Å². The molecule has 2 aromatic rings. The van der Waals surface area contributed by atoms with Crippen LogP contribution in [0.3, 0.4) is 0 Å². The van der Waals surface area contributed by atoms with Gasteiger partial charge in [-0.25, -0.2) is 0 Å². The summed E-state index contributed by atoms with van der Waals surface area (Å²) in [5.41, 5.74) is 5.15. The number of nitrogens with zero attached hydrogens (tertiary/aromatic N) is 2. The quantitative estimate of drug-likeness (QED) is 0.668. The summed E-state index contributed by atoms with van der Waals surface area (Å²) in [5.74, 6) is 0.363. The zero-order chi connectivity index (χ0) is 11.0. The third kappa shape index (κ3) is 1.42. The Morgan fingerprint density at radius 3 is 2.81 bits per heavy atom. The van der Waals surface area contributed by atoms with Crippen LogP contribution in [0.4, 0.5) is 0 Å². The van der Waals surface area contributed by atoms with Gasteiger partial charge in [-0.15, -0.1) is 0 Å². The Bertz CT molecular complexity index is 472. The minimum atomic E-state index is 0.363. The van der Waals surface area contributed by atoms with Gasteiger partial charge in [-0.05, 0) is 24.0 Å². The first-order valence-electron chi connectivity index (χ1n) is 5.74. The Morgan fingerprint density at radius 1 is 1.06 bits per heavy atom. The number of aromatic nitrogens is 2. The Labute approximate surface area is 95.4 Å². The maximum Gasteiger partial charge on any atom is 0.0690 e. The second kappa shape index (κ2) is 3.71. The molecule has 1 aliphatic carbocycles. The monoisotopic (exact) mass is 210 g/mol. The average Bonchev–Trinajstić information content (AvgIpc) is 2.49. The van der Waals surface area contributed by atoms with Crippen LogP contribution in [0.1, 0.15) is 35.4 Å². The van der Waals surface area contributed by atoms with Gasteiger partial charge in [0.25, 0.3) is 0 Å². The van der Waals surface area contributed by atoms with Crippen LogP contribution in [0.5, 0.6) is 0 Å². The second-order valence-corrected chi connectivity index (χ2v) is 4.31. The van der Waals surface area contributed by atoms with Crippen LogP contribution in [-0.4, -0.2) is 9.97 Å². The van der Waals surface area contributed by atoms with E-state index in [1.807, 2.05) is 0 Å². The van der Waals surface area contributed by atoms with Crippen LogP contribution in [0, 0.1) is 0 Å². The molecule has 0 bridgehead atoms. The second-order valence-electron chi connectivity index (χ2n) is 4.31. The van der Waals surface area contributed by atoms with Crippen molar-refractivity contribution in [2.75, 3.05) is 0 Å². The van der Waals surface area contributed by atoms with Gasteiger partial charge in [0.1, 0.15) is 0 Å². The van der Waals surface area contributed by atoms with Crippen LogP contribution < -0.4 is 0 Å². The van der Waals surface area contributed by atoms with Crippen molar-refractivity contribution in [3.05, 3.63) is 59.2 Å². The molecular weight excluding hydrogens is 196 g/mol. The molecule has 1 aromatic heterocycles. The molecule has 1 atom stereocenters. The maximum absolute atomic E-state index is 4.50. The van der Waals surface area contributed by atoms with E-state index in [9.17, 15) is 0 Å². The number of benzene rings is 1. The molecule has 3 rings (SSSR count). The van der Waals surface area contributed by atoms with Crippen molar-refractivity contribution in [1.82, 2.24) is 9.97 Å². The van der Waals surface area contributed by atoms with Crippen LogP contribution >= 0.6 is 0 Å². The number of aryl methyl sites for hydroxylation is 2. The highest BCUT2D eigenvalue weighted by atomic mass is 14.8. The number of rotatable bonds is 0. The van der Waals surface area contributed by atoms with E-state index in [4.69, 9.17) is 0 Å². The summed E-state index contributed by atoms with van der Waals surface area (Å²) in [4.78, 5) is 8.95. The Morgan fingerprint density at radius 2 is 1.88 bits per heavy atom. The number of fused-ring (bicyclic) bond motifs is 2. The highest BCUT2D eigenvalue weighted by Gasteiger charge is 2.21. The van der Waals surface area contributed by atoms with Crippen molar-refractivity contribution in [1.29, 1.82) is 0 Å². The predicted octanol–water partition coefficient (Wildman–Crippen LogP) is 2.73. The van der Waals surface area contributed by atoms with Gasteiger partial charge in [-0.3, -0.25) is 9.97 Å². The first-order valence-corrected chi connectivity index (χ1v) is 5.74. The molecule has 1 aliphatic rings. The van der Waals surface area contributed by atoms with Crippen molar-refractivity contribution in [2.45, 2.75) is 25.7 Å². The van der Waals surface area contributed by atoms with Gasteiger partial charge in [0, 0.05) is 18.3 Å². The summed E-state index contributed by atoms with van der Waals surface area (Å²) < 4.78 is 0. The molecule has 0 N–H and O–H groups in total. The van der Waals surface area contributed by atoms with Gasteiger partial charge in [-0.1, -0.05) is 31.2 Å². The standard InChI is InChI=1S/C14H14N2/c1-10-12-5-3-2-4-11(12)6-7-13-14(10)16-9-8-15-13/h2-5,8-10H,6-7H2,1H3. The van der Waals surface area contributed by atoms with Gasteiger partial charge >= 0.3 is 0 Å². The molecule has 2 nitrogen and oxygen atoms in total. The molecule has 1 aromatic carbocycles. The first-order chi connectivity index (χ1) is 7.86. The van der Waals surface area contributed by atoms with E-state index < -0.39 is 0 Å². The van der Waals surface area contributed by atoms with Crippen LogP contribution in [0.15, 0.2) is 36.7 Å². The summed E-state index contributed by atoms with van der Waals surface area (Å²) in [6, 6.07) is 8.65. The summed E-state index contributed by atoms with van der Waals surface area (Å²) >= 11 is 0. The predicted molar refractivity (Wildman–Crippen MR) is 63.4 cm³/mol. The van der Waals surface area contributed by atoms with Crippen molar-refractivity contribution >= 4 is 0 Å². The van der Waals surface area contributed by atoms with Gasteiger partial charge in [0.15, 0.2) is 0 Å². The fourth-order valence-electron chi connectivity index (χ4n) is 2.52. The molecule has 0 spiro atoms. The fourth-order valence-corrected chi connectivity index (χ4v) is 2.52. The third-order valence-corrected chi connectivity index (χ3v) is 3.37. The Hall–Kier alpha value is -1.70. The lowest BCUT2D eigenvalue weighted by molar-refractivity contribution is 0.832. The van der Waals surface area contributed by atoms with Crippen LogP contribution in [0.2, 0.25) is 0 Å². The van der Waals surface area contributed by atoms with Crippen molar-refractivity contribution in [2.24, 2.45) is 0 Å². The van der Waals surface area contributed by atoms with E-state index in [0.717, 1.165) is 24.2 Å². The van der Waals surface area contributed by atoms with E-state index in [-0.39, 0.29) is 0 Å². The van der Waals surface area contributed by atoms with Gasteiger partial charge in [0.2, 0.25) is 0 Å². The van der Waals surface area contributed by atoms with E-state index in [0.29, 0.717) is 5.92 Å². The lowest BCUT2D eigenvalue weighted by Gasteiger charge is -2.13. The largest absolute Gasteiger partial charge is 0.258 e. The lowest BCUT2D eigenvalue weighted by atomic mass is 9.94. The minimum Gasteiger partial charge on any atom is -0.258 e. The molecule has 0 fully saturated rings. The van der Waals surface area contributed by atoms with Gasteiger partial charge < -0.3 is 0 Å². The summed E-state index contributed by atoms with van der Waals surface area (Å²) in [5, 5.41) is 0. The molecule has 0 saturated heterocycles. The lowest BCUT2D eigenvalue weighted by Crippen LogP contribution is -2.03. The normalized spacial score (nSPS) is 18.4.